The molecule has 2 aliphatic heterocycles. The van der Waals surface area contributed by atoms with Crippen molar-refractivity contribution in [3.8, 4) is 0 Å². The fraction of sp³-hybridized carbons (Fsp3) is 0.409. The maximum absolute atomic E-state index is 12.6. The van der Waals surface area contributed by atoms with Crippen LogP contribution in [0.2, 0.25) is 0 Å². The van der Waals surface area contributed by atoms with E-state index in [1.54, 1.807) is 0 Å². The van der Waals surface area contributed by atoms with Crippen molar-refractivity contribution in [3.05, 3.63) is 65.7 Å². The zero-order valence-electron chi connectivity index (χ0n) is 15.6. The standard InChI is InChI=1S/C22H27N3O/c1-16(2)23-22(26)25-15-20(19-10-6-7-11-21(19)25)18-13-24(14-18)12-17-8-4-3-5-9-17/h3-11,16,18,20H,12-15H2,1-2H3,(H,23,26). The summed E-state index contributed by atoms with van der Waals surface area (Å²) in [5.41, 5.74) is 3.78. The Labute approximate surface area is 155 Å². The first-order chi connectivity index (χ1) is 12.6. The van der Waals surface area contributed by atoms with E-state index >= 15 is 0 Å². The Morgan fingerprint density at radius 1 is 1.04 bits per heavy atom. The highest BCUT2D eigenvalue weighted by Crippen LogP contribution is 2.43. The van der Waals surface area contributed by atoms with Gasteiger partial charge in [0.1, 0.15) is 0 Å². The van der Waals surface area contributed by atoms with Crippen LogP contribution in [-0.4, -0.2) is 36.6 Å². The lowest BCUT2D eigenvalue weighted by Gasteiger charge is -2.42. The molecule has 1 unspecified atom stereocenters. The normalized spacial score (nSPS) is 20.1. The first-order valence-electron chi connectivity index (χ1n) is 9.55. The van der Waals surface area contributed by atoms with E-state index in [1.807, 2.05) is 24.8 Å². The van der Waals surface area contributed by atoms with Crippen molar-refractivity contribution >= 4 is 11.7 Å². The van der Waals surface area contributed by atoms with Crippen molar-refractivity contribution in [1.29, 1.82) is 0 Å². The summed E-state index contributed by atoms with van der Waals surface area (Å²) in [5, 5.41) is 3.04. The third-order valence-electron chi connectivity index (χ3n) is 5.47. The Morgan fingerprint density at radius 2 is 1.73 bits per heavy atom. The Morgan fingerprint density at radius 3 is 2.46 bits per heavy atom. The molecule has 0 bridgehead atoms. The number of amides is 2. The van der Waals surface area contributed by atoms with Gasteiger partial charge in [-0.05, 0) is 37.0 Å². The average molecular weight is 349 g/mol. The van der Waals surface area contributed by atoms with Crippen LogP contribution in [0.4, 0.5) is 10.5 Å². The van der Waals surface area contributed by atoms with Gasteiger partial charge in [-0.3, -0.25) is 9.80 Å². The van der Waals surface area contributed by atoms with Gasteiger partial charge in [-0.15, -0.1) is 0 Å². The largest absolute Gasteiger partial charge is 0.336 e. The molecule has 1 atom stereocenters. The summed E-state index contributed by atoms with van der Waals surface area (Å²) < 4.78 is 0. The van der Waals surface area contributed by atoms with Crippen LogP contribution in [0.1, 0.15) is 30.9 Å². The summed E-state index contributed by atoms with van der Waals surface area (Å²) in [5.74, 6) is 1.06. The number of rotatable bonds is 4. The van der Waals surface area contributed by atoms with Crippen LogP contribution in [0, 0.1) is 5.92 Å². The molecule has 26 heavy (non-hydrogen) atoms. The minimum absolute atomic E-state index is 0.0235. The molecule has 0 spiro atoms. The molecule has 4 rings (SSSR count). The van der Waals surface area contributed by atoms with E-state index < -0.39 is 0 Å². The van der Waals surface area contributed by atoms with Gasteiger partial charge in [0.25, 0.3) is 0 Å². The lowest BCUT2D eigenvalue weighted by atomic mass is 9.82. The number of hydrogen-bond acceptors (Lipinski definition) is 2. The van der Waals surface area contributed by atoms with Crippen LogP contribution in [-0.2, 0) is 6.54 Å². The molecule has 2 heterocycles. The van der Waals surface area contributed by atoms with Crippen LogP contribution < -0.4 is 10.2 Å². The van der Waals surface area contributed by atoms with E-state index in [4.69, 9.17) is 0 Å². The molecular formula is C22H27N3O. The summed E-state index contributed by atoms with van der Waals surface area (Å²) in [6, 6.07) is 19.2. The molecule has 136 valence electrons. The first-order valence-corrected chi connectivity index (χ1v) is 9.55. The second kappa shape index (κ2) is 7.12. The summed E-state index contributed by atoms with van der Waals surface area (Å²) in [7, 11) is 0. The van der Waals surface area contributed by atoms with Gasteiger partial charge in [-0.2, -0.15) is 0 Å². The SMILES string of the molecule is CC(C)NC(=O)N1CC(C2CN(Cc3ccccc3)C2)c2ccccc21. The van der Waals surface area contributed by atoms with E-state index in [-0.39, 0.29) is 12.1 Å². The number of urea groups is 1. The van der Waals surface area contributed by atoms with Crippen molar-refractivity contribution in [2.75, 3.05) is 24.5 Å². The molecule has 1 saturated heterocycles. The lowest BCUT2D eigenvalue weighted by Crippen LogP contribution is -2.50. The molecule has 0 aromatic heterocycles. The number of benzene rings is 2. The third-order valence-corrected chi connectivity index (χ3v) is 5.47. The van der Waals surface area contributed by atoms with Gasteiger partial charge in [-0.1, -0.05) is 48.5 Å². The van der Waals surface area contributed by atoms with E-state index in [0.717, 1.165) is 31.9 Å². The maximum Gasteiger partial charge on any atom is 0.322 e. The molecule has 0 radical (unpaired) electrons. The fourth-order valence-corrected chi connectivity index (χ4v) is 4.20. The Kier molecular flexibility index (Phi) is 4.68. The van der Waals surface area contributed by atoms with Crippen molar-refractivity contribution in [1.82, 2.24) is 10.2 Å². The highest BCUT2D eigenvalue weighted by molar-refractivity contribution is 5.94. The summed E-state index contributed by atoms with van der Waals surface area (Å²) in [6.07, 6.45) is 0. The van der Waals surface area contributed by atoms with Gasteiger partial charge in [-0.25, -0.2) is 4.79 Å². The van der Waals surface area contributed by atoms with E-state index in [1.165, 1.54) is 11.1 Å². The molecule has 0 aliphatic carbocycles. The first kappa shape index (κ1) is 17.1. The monoisotopic (exact) mass is 349 g/mol. The van der Waals surface area contributed by atoms with Crippen molar-refractivity contribution < 1.29 is 4.79 Å². The van der Waals surface area contributed by atoms with Gasteiger partial charge >= 0.3 is 6.03 Å². The molecule has 2 aliphatic rings. The molecule has 1 N–H and O–H groups in total. The van der Waals surface area contributed by atoms with Crippen molar-refractivity contribution in [3.63, 3.8) is 0 Å². The van der Waals surface area contributed by atoms with Crippen LogP contribution >= 0.6 is 0 Å². The minimum Gasteiger partial charge on any atom is -0.336 e. The van der Waals surface area contributed by atoms with Crippen LogP contribution in [0.15, 0.2) is 54.6 Å². The highest BCUT2D eigenvalue weighted by atomic mass is 16.2. The van der Waals surface area contributed by atoms with E-state index in [0.29, 0.717) is 11.8 Å². The third kappa shape index (κ3) is 3.34. The zero-order chi connectivity index (χ0) is 18.1. The van der Waals surface area contributed by atoms with Crippen LogP contribution in [0.5, 0.6) is 0 Å². The lowest BCUT2D eigenvalue weighted by molar-refractivity contribution is 0.0763. The molecule has 4 nitrogen and oxygen atoms in total. The summed E-state index contributed by atoms with van der Waals surface area (Å²) >= 11 is 0. The smallest absolute Gasteiger partial charge is 0.322 e. The van der Waals surface area contributed by atoms with E-state index in [9.17, 15) is 4.79 Å². The van der Waals surface area contributed by atoms with Crippen molar-refractivity contribution in [2.24, 2.45) is 5.92 Å². The molecule has 2 aromatic rings. The molecule has 2 aromatic carbocycles. The molecule has 0 saturated carbocycles. The molecular weight excluding hydrogens is 322 g/mol. The fourth-order valence-electron chi connectivity index (χ4n) is 4.20. The topological polar surface area (TPSA) is 35.6 Å². The van der Waals surface area contributed by atoms with Gasteiger partial charge in [0.2, 0.25) is 0 Å². The van der Waals surface area contributed by atoms with Crippen LogP contribution in [0.25, 0.3) is 0 Å². The molecule has 1 fully saturated rings. The number of fused-ring (bicyclic) bond motifs is 1. The number of nitrogens with one attached hydrogen (secondary N) is 1. The Hall–Kier alpha value is -2.33. The summed E-state index contributed by atoms with van der Waals surface area (Å²) in [6.45, 7) is 8.03. The summed E-state index contributed by atoms with van der Waals surface area (Å²) in [4.78, 5) is 17.0. The van der Waals surface area contributed by atoms with Gasteiger partial charge in [0.15, 0.2) is 0 Å². The number of para-hydroxylation sites is 1. The maximum atomic E-state index is 12.6. The quantitative estimate of drug-likeness (QED) is 0.910. The van der Waals surface area contributed by atoms with Gasteiger partial charge in [0, 0.05) is 43.8 Å². The number of likely N-dealkylation sites (tertiary alicyclic amines) is 1. The second-order valence-corrected chi connectivity index (χ2v) is 7.82. The number of anilines is 1. The Balaban J connectivity index is 1.43. The number of nitrogens with zero attached hydrogens (tertiary/aromatic N) is 2. The van der Waals surface area contributed by atoms with E-state index in [2.05, 4.69) is 58.7 Å². The number of carbonyl (C=O) groups is 1. The second-order valence-electron chi connectivity index (χ2n) is 7.82. The molecule has 4 heteroatoms. The molecule has 2 amide bonds. The van der Waals surface area contributed by atoms with Gasteiger partial charge in [0.05, 0.1) is 0 Å². The minimum atomic E-state index is 0.0235. The van der Waals surface area contributed by atoms with Crippen LogP contribution in [0.3, 0.4) is 0 Å². The zero-order valence-corrected chi connectivity index (χ0v) is 15.6. The average Bonchev–Trinajstić information content (AvgIpc) is 2.97. The Bertz CT molecular complexity index is 768. The predicted molar refractivity (Wildman–Crippen MR) is 105 cm³/mol. The number of carbonyl (C=O) groups excluding carboxylic acids is 1. The van der Waals surface area contributed by atoms with Gasteiger partial charge < -0.3 is 5.32 Å². The highest BCUT2D eigenvalue weighted by Gasteiger charge is 2.41. The predicted octanol–water partition coefficient (Wildman–Crippen LogP) is 3.84. The van der Waals surface area contributed by atoms with Crippen molar-refractivity contribution in [2.45, 2.75) is 32.4 Å². The number of hydrogen-bond donors (Lipinski definition) is 1.